The number of nitrogens with one attached hydrogen (secondary N) is 1. The van der Waals surface area contributed by atoms with Gasteiger partial charge >= 0.3 is 0 Å². The van der Waals surface area contributed by atoms with Crippen molar-refractivity contribution < 1.29 is 4.79 Å². The van der Waals surface area contributed by atoms with Crippen molar-refractivity contribution in [2.45, 2.75) is 19.4 Å². The molecule has 1 aromatic heterocycles. The van der Waals surface area contributed by atoms with Crippen LogP contribution in [0.3, 0.4) is 0 Å². The van der Waals surface area contributed by atoms with Crippen molar-refractivity contribution >= 4 is 5.91 Å². The van der Waals surface area contributed by atoms with E-state index >= 15 is 0 Å². The number of nitrogens with zero attached hydrogens (tertiary/aromatic N) is 2. The number of hydrogen-bond donors (Lipinski definition) is 2. The molecule has 0 bridgehead atoms. The van der Waals surface area contributed by atoms with Crippen molar-refractivity contribution in [1.29, 1.82) is 0 Å². The molecule has 0 aromatic carbocycles. The minimum Gasteiger partial charge on any atom is -0.368 e. The lowest BCUT2D eigenvalue weighted by Crippen LogP contribution is -2.31. The molecular formula is C9H16N4O. The molecule has 0 saturated carbocycles. The van der Waals surface area contributed by atoms with Gasteiger partial charge in [0.2, 0.25) is 5.91 Å². The normalized spacial score (nSPS) is 12.8. The van der Waals surface area contributed by atoms with Crippen molar-refractivity contribution in [3.8, 4) is 0 Å². The van der Waals surface area contributed by atoms with Gasteiger partial charge in [0.25, 0.3) is 0 Å². The van der Waals surface area contributed by atoms with E-state index in [0.29, 0.717) is 0 Å². The zero-order chi connectivity index (χ0) is 10.7. The molecule has 1 aromatic rings. The number of hydrogen-bond acceptors (Lipinski definition) is 3. The van der Waals surface area contributed by atoms with Gasteiger partial charge in [-0.05, 0) is 13.5 Å². The van der Waals surface area contributed by atoms with E-state index in [2.05, 4.69) is 10.4 Å². The average Bonchev–Trinajstić information content (AvgIpc) is 2.47. The van der Waals surface area contributed by atoms with Crippen LogP contribution < -0.4 is 11.1 Å². The Morgan fingerprint density at radius 1 is 1.79 bits per heavy atom. The monoisotopic (exact) mass is 196 g/mol. The summed E-state index contributed by atoms with van der Waals surface area (Å²) in [6, 6.07) is -0.446. The van der Waals surface area contributed by atoms with Gasteiger partial charge in [0.1, 0.15) is 6.04 Å². The van der Waals surface area contributed by atoms with E-state index in [1.54, 1.807) is 11.7 Å². The van der Waals surface area contributed by atoms with Crippen LogP contribution in [0.1, 0.15) is 24.2 Å². The van der Waals surface area contributed by atoms with E-state index in [-0.39, 0.29) is 5.91 Å². The van der Waals surface area contributed by atoms with Crippen LogP contribution in [-0.4, -0.2) is 22.7 Å². The van der Waals surface area contributed by atoms with Crippen LogP contribution in [0.25, 0.3) is 0 Å². The van der Waals surface area contributed by atoms with Crippen LogP contribution in [0.5, 0.6) is 0 Å². The molecule has 0 aliphatic rings. The molecule has 5 nitrogen and oxygen atoms in total. The number of likely N-dealkylation sites (N-methyl/N-ethyl adjacent to an activating group) is 1. The third-order valence-electron chi connectivity index (χ3n) is 2.16. The molecule has 14 heavy (non-hydrogen) atoms. The van der Waals surface area contributed by atoms with Gasteiger partial charge in [-0.2, -0.15) is 5.10 Å². The minimum atomic E-state index is -0.446. The molecule has 1 heterocycles. The Hall–Kier alpha value is -1.36. The third-order valence-corrected chi connectivity index (χ3v) is 2.16. The largest absolute Gasteiger partial charge is 0.368 e. The maximum atomic E-state index is 11.1. The molecule has 1 amide bonds. The highest BCUT2D eigenvalue weighted by Gasteiger charge is 2.20. The lowest BCUT2D eigenvalue weighted by Gasteiger charge is -2.11. The summed E-state index contributed by atoms with van der Waals surface area (Å²) < 4.78 is 1.70. The summed E-state index contributed by atoms with van der Waals surface area (Å²) >= 11 is 0. The molecule has 0 saturated heterocycles. The zero-order valence-electron chi connectivity index (χ0n) is 8.74. The van der Waals surface area contributed by atoms with E-state index < -0.39 is 6.04 Å². The molecule has 78 valence electrons. The van der Waals surface area contributed by atoms with Gasteiger partial charge in [0.15, 0.2) is 0 Å². The molecular weight excluding hydrogens is 180 g/mol. The SMILES string of the molecule is CCc1nn(C)cc1C(NC)C(N)=O. The number of carbonyl (C=O) groups excluding carboxylic acids is 1. The summed E-state index contributed by atoms with van der Waals surface area (Å²) in [6.45, 7) is 2.00. The first kappa shape index (κ1) is 10.7. The number of amides is 1. The maximum Gasteiger partial charge on any atom is 0.239 e. The van der Waals surface area contributed by atoms with Crippen molar-refractivity contribution in [3.63, 3.8) is 0 Å². The van der Waals surface area contributed by atoms with Gasteiger partial charge in [-0.15, -0.1) is 0 Å². The number of aryl methyl sites for hydroxylation is 2. The second-order valence-electron chi connectivity index (χ2n) is 3.18. The van der Waals surface area contributed by atoms with Crippen LogP contribution in [-0.2, 0) is 18.3 Å². The molecule has 0 fully saturated rings. The Morgan fingerprint density at radius 3 is 2.86 bits per heavy atom. The fourth-order valence-corrected chi connectivity index (χ4v) is 1.52. The summed E-state index contributed by atoms with van der Waals surface area (Å²) in [5.74, 6) is -0.379. The summed E-state index contributed by atoms with van der Waals surface area (Å²) in [4.78, 5) is 11.1. The Morgan fingerprint density at radius 2 is 2.43 bits per heavy atom. The Bertz CT molecular complexity index is 332. The van der Waals surface area contributed by atoms with E-state index in [9.17, 15) is 4.79 Å². The van der Waals surface area contributed by atoms with Crippen molar-refractivity contribution in [1.82, 2.24) is 15.1 Å². The quantitative estimate of drug-likeness (QED) is 0.696. The number of primary amides is 1. The van der Waals surface area contributed by atoms with Gasteiger partial charge in [-0.25, -0.2) is 0 Å². The van der Waals surface area contributed by atoms with Crippen LogP contribution >= 0.6 is 0 Å². The highest BCUT2D eigenvalue weighted by molar-refractivity contribution is 5.81. The third kappa shape index (κ3) is 1.93. The van der Waals surface area contributed by atoms with E-state index in [0.717, 1.165) is 17.7 Å². The Kier molecular flexibility index (Phi) is 3.24. The van der Waals surface area contributed by atoms with Gasteiger partial charge < -0.3 is 11.1 Å². The predicted octanol–water partition coefficient (Wildman–Crippen LogP) is -0.272. The molecule has 5 heteroatoms. The molecule has 1 atom stereocenters. The first-order valence-electron chi connectivity index (χ1n) is 4.59. The highest BCUT2D eigenvalue weighted by Crippen LogP contribution is 2.16. The first-order chi connectivity index (χ1) is 6.60. The summed E-state index contributed by atoms with van der Waals surface area (Å²) in [5, 5.41) is 7.13. The van der Waals surface area contributed by atoms with Crippen LogP contribution in [0.15, 0.2) is 6.20 Å². The smallest absolute Gasteiger partial charge is 0.239 e. The van der Waals surface area contributed by atoms with Gasteiger partial charge in [0.05, 0.1) is 5.69 Å². The lowest BCUT2D eigenvalue weighted by molar-refractivity contribution is -0.120. The van der Waals surface area contributed by atoms with E-state index in [1.165, 1.54) is 0 Å². The fraction of sp³-hybridized carbons (Fsp3) is 0.556. The lowest BCUT2D eigenvalue weighted by atomic mass is 10.1. The summed E-state index contributed by atoms with van der Waals surface area (Å²) in [7, 11) is 3.54. The van der Waals surface area contributed by atoms with E-state index in [1.807, 2.05) is 20.2 Å². The molecule has 3 N–H and O–H groups in total. The van der Waals surface area contributed by atoms with Gasteiger partial charge in [0, 0.05) is 18.8 Å². The van der Waals surface area contributed by atoms with Crippen molar-refractivity contribution in [3.05, 3.63) is 17.5 Å². The molecule has 0 aliphatic carbocycles. The van der Waals surface area contributed by atoms with Crippen LogP contribution in [0.2, 0.25) is 0 Å². The van der Waals surface area contributed by atoms with E-state index in [4.69, 9.17) is 5.73 Å². The zero-order valence-corrected chi connectivity index (χ0v) is 8.74. The second kappa shape index (κ2) is 4.23. The number of rotatable bonds is 4. The number of nitrogens with two attached hydrogens (primary N) is 1. The standard InChI is InChI=1S/C9H16N4O/c1-4-7-6(5-13(3)12-7)8(11-2)9(10)14/h5,8,11H,4H2,1-3H3,(H2,10,14). The highest BCUT2D eigenvalue weighted by atomic mass is 16.1. The van der Waals surface area contributed by atoms with Gasteiger partial charge in [-0.1, -0.05) is 6.92 Å². The van der Waals surface area contributed by atoms with Crippen molar-refractivity contribution in [2.24, 2.45) is 12.8 Å². The molecule has 1 rings (SSSR count). The maximum absolute atomic E-state index is 11.1. The van der Waals surface area contributed by atoms with Crippen molar-refractivity contribution in [2.75, 3.05) is 7.05 Å². The summed E-state index contributed by atoms with van der Waals surface area (Å²) in [6.07, 6.45) is 2.62. The first-order valence-corrected chi connectivity index (χ1v) is 4.59. The Labute approximate surface area is 83.3 Å². The molecule has 0 radical (unpaired) electrons. The summed E-state index contributed by atoms with van der Waals surface area (Å²) in [5.41, 5.74) is 7.05. The topological polar surface area (TPSA) is 72.9 Å². The Balaban J connectivity index is 3.08. The number of aromatic nitrogens is 2. The van der Waals surface area contributed by atoms with Crippen LogP contribution in [0, 0.1) is 0 Å². The predicted molar refractivity (Wildman–Crippen MR) is 53.6 cm³/mol. The second-order valence-corrected chi connectivity index (χ2v) is 3.18. The average molecular weight is 196 g/mol. The fourth-order valence-electron chi connectivity index (χ4n) is 1.52. The number of carbonyl (C=O) groups is 1. The molecule has 0 spiro atoms. The van der Waals surface area contributed by atoms with Crippen LogP contribution in [0.4, 0.5) is 0 Å². The molecule has 0 aliphatic heterocycles. The molecule has 1 unspecified atom stereocenters. The van der Waals surface area contributed by atoms with Gasteiger partial charge in [-0.3, -0.25) is 9.48 Å². The minimum absolute atomic E-state index is 0.379.